The van der Waals surface area contributed by atoms with E-state index in [4.69, 9.17) is 14.2 Å². The second-order valence-corrected chi connectivity index (χ2v) is 12.5. The molecule has 1 atom stereocenters. The zero-order chi connectivity index (χ0) is 36.0. The first-order chi connectivity index (χ1) is 24.9. The van der Waals surface area contributed by atoms with E-state index in [1.54, 1.807) is 42.5 Å². The molecule has 4 N–H and O–H groups in total. The third-order valence-corrected chi connectivity index (χ3v) is 9.03. The van der Waals surface area contributed by atoms with Crippen molar-refractivity contribution in [3.8, 4) is 0 Å². The summed E-state index contributed by atoms with van der Waals surface area (Å²) in [7, 11) is 0. The summed E-state index contributed by atoms with van der Waals surface area (Å²) in [4.78, 5) is 76.1. The minimum atomic E-state index is -1.00. The van der Waals surface area contributed by atoms with Gasteiger partial charge in [-0.05, 0) is 75.0 Å². The second kappa shape index (κ2) is 19.1. The molecule has 5 rings (SSSR count). The van der Waals surface area contributed by atoms with Crippen molar-refractivity contribution in [2.24, 2.45) is 0 Å². The Morgan fingerprint density at radius 3 is 2.16 bits per heavy atom. The Balaban J connectivity index is 0.841. The summed E-state index contributed by atoms with van der Waals surface area (Å²) in [5, 5.41) is 11.5. The highest BCUT2D eigenvalue weighted by Gasteiger charge is 2.45. The molecular formula is C36H46N6O9. The second-order valence-electron chi connectivity index (χ2n) is 12.5. The molecule has 2 fully saturated rings. The number of hydrogen-bond acceptors (Lipinski definition) is 11. The Morgan fingerprint density at radius 2 is 1.49 bits per heavy atom. The Morgan fingerprint density at radius 1 is 0.824 bits per heavy atom. The van der Waals surface area contributed by atoms with Crippen LogP contribution >= 0.6 is 0 Å². The van der Waals surface area contributed by atoms with Crippen LogP contribution in [0, 0.1) is 0 Å². The predicted octanol–water partition coefficient (Wildman–Crippen LogP) is 1.79. The number of imide groups is 2. The number of carbonyl (C=O) groups excluding carboxylic acids is 6. The first kappa shape index (κ1) is 37.6. The number of carbonyl (C=O) groups is 6. The molecule has 15 heteroatoms. The van der Waals surface area contributed by atoms with Crippen molar-refractivity contribution in [1.82, 2.24) is 20.4 Å². The summed E-state index contributed by atoms with van der Waals surface area (Å²) in [6.45, 7) is 5.73. The number of piperidine rings is 2. The molecule has 0 aromatic heterocycles. The first-order valence-corrected chi connectivity index (χ1v) is 17.5. The predicted molar refractivity (Wildman–Crippen MR) is 186 cm³/mol. The van der Waals surface area contributed by atoms with Gasteiger partial charge in [-0.2, -0.15) is 0 Å². The number of nitrogens with one attached hydrogen (secondary N) is 4. The maximum Gasteiger partial charge on any atom is 0.264 e. The number of hydrogen-bond donors (Lipinski definition) is 4. The number of nitrogens with zero attached hydrogens (tertiary/aromatic N) is 2. The van der Waals surface area contributed by atoms with Crippen LogP contribution in [0.3, 0.4) is 0 Å². The standard InChI is InChI=1S/C36H46N6O9/c43-24-39-26-8-6-25(7-9-26)34(46)41-16-12-27(13-17-41)37-14-2-18-49-20-22-51-23-21-50-19-3-15-38-29-5-1-4-28-32(29)36(48)42(35(28)47)30-10-11-31(44)40-33(30)45/h1,4-9,24,27,30,37-38H,2-3,10-23H2,(H,39,43)(H,40,44,45). The quantitative estimate of drug-likeness (QED) is 0.0895. The van der Waals surface area contributed by atoms with Gasteiger partial charge in [0.25, 0.3) is 17.7 Å². The molecule has 0 radical (unpaired) electrons. The van der Waals surface area contributed by atoms with Gasteiger partial charge in [-0.15, -0.1) is 0 Å². The first-order valence-electron chi connectivity index (χ1n) is 17.5. The number of anilines is 2. The van der Waals surface area contributed by atoms with E-state index in [0.717, 1.165) is 30.7 Å². The van der Waals surface area contributed by atoms with Crippen molar-refractivity contribution in [3.05, 3.63) is 59.2 Å². The molecular weight excluding hydrogens is 660 g/mol. The molecule has 2 aromatic carbocycles. The summed E-state index contributed by atoms with van der Waals surface area (Å²) in [5.74, 6) is -2.11. The molecule has 15 nitrogen and oxygen atoms in total. The fourth-order valence-corrected chi connectivity index (χ4v) is 6.33. The zero-order valence-electron chi connectivity index (χ0n) is 28.7. The van der Waals surface area contributed by atoms with E-state index in [-0.39, 0.29) is 29.9 Å². The normalized spacial score (nSPS) is 17.8. The van der Waals surface area contributed by atoms with Gasteiger partial charge in [0.05, 0.1) is 37.6 Å². The topological polar surface area (TPSA) is 185 Å². The van der Waals surface area contributed by atoms with E-state index < -0.39 is 29.7 Å². The largest absolute Gasteiger partial charge is 0.384 e. The van der Waals surface area contributed by atoms with Gasteiger partial charge in [-0.3, -0.25) is 39.0 Å². The molecule has 2 saturated heterocycles. The SMILES string of the molecule is O=CNc1ccc(C(=O)N2CCC(NCCCOCCOCCOCCCNc3cccc4c3C(=O)N(C3CCC(=O)NC3=O)C4=O)CC2)cc1. The van der Waals surface area contributed by atoms with Gasteiger partial charge in [-0.25, -0.2) is 0 Å². The number of rotatable bonds is 20. The fraction of sp³-hybridized carbons (Fsp3) is 0.500. The van der Waals surface area contributed by atoms with Gasteiger partial charge in [0.15, 0.2) is 0 Å². The Hall–Kier alpha value is -4.70. The summed E-state index contributed by atoms with van der Waals surface area (Å²) in [6.07, 6.45) is 4.13. The van der Waals surface area contributed by atoms with Crippen LogP contribution in [0.4, 0.5) is 11.4 Å². The average Bonchev–Trinajstić information content (AvgIpc) is 3.39. The summed E-state index contributed by atoms with van der Waals surface area (Å²) in [6, 6.07) is 11.3. The third-order valence-electron chi connectivity index (χ3n) is 9.03. The number of fused-ring (bicyclic) bond motifs is 1. The Labute approximate surface area is 296 Å². The van der Waals surface area contributed by atoms with Crippen molar-refractivity contribution < 1.29 is 43.0 Å². The molecule has 3 heterocycles. The van der Waals surface area contributed by atoms with E-state index in [2.05, 4.69) is 21.3 Å². The monoisotopic (exact) mass is 706 g/mol. The van der Waals surface area contributed by atoms with Gasteiger partial charge in [-0.1, -0.05) is 6.07 Å². The molecule has 3 aliphatic heterocycles. The Bertz CT molecular complexity index is 1540. The lowest BCUT2D eigenvalue weighted by Crippen LogP contribution is -2.54. The molecule has 51 heavy (non-hydrogen) atoms. The van der Waals surface area contributed by atoms with Crippen molar-refractivity contribution in [3.63, 3.8) is 0 Å². The number of likely N-dealkylation sites (tertiary alicyclic amines) is 1. The van der Waals surface area contributed by atoms with E-state index >= 15 is 0 Å². The maximum absolute atomic E-state index is 13.2. The highest BCUT2D eigenvalue weighted by molar-refractivity contribution is 6.25. The van der Waals surface area contributed by atoms with Gasteiger partial charge < -0.3 is 35.1 Å². The van der Waals surface area contributed by atoms with Crippen LogP contribution in [-0.2, 0) is 28.6 Å². The number of amides is 6. The van der Waals surface area contributed by atoms with Crippen LogP contribution in [-0.4, -0.2) is 124 Å². The summed E-state index contributed by atoms with van der Waals surface area (Å²) < 4.78 is 16.9. The van der Waals surface area contributed by atoms with Gasteiger partial charge in [0.2, 0.25) is 18.2 Å². The van der Waals surface area contributed by atoms with Crippen LogP contribution in [0.2, 0.25) is 0 Å². The number of benzene rings is 2. The lowest BCUT2D eigenvalue weighted by atomic mass is 10.0. The van der Waals surface area contributed by atoms with E-state index in [9.17, 15) is 28.8 Å². The molecule has 0 bridgehead atoms. The van der Waals surface area contributed by atoms with E-state index in [1.807, 2.05) is 4.90 Å². The zero-order valence-corrected chi connectivity index (χ0v) is 28.7. The van der Waals surface area contributed by atoms with Crippen molar-refractivity contribution in [2.75, 3.05) is 76.5 Å². The molecule has 1 unspecified atom stereocenters. The van der Waals surface area contributed by atoms with Crippen LogP contribution in [0.1, 0.15) is 69.6 Å². The van der Waals surface area contributed by atoms with Crippen molar-refractivity contribution in [2.45, 2.75) is 50.6 Å². The van der Waals surface area contributed by atoms with Gasteiger partial charge >= 0.3 is 0 Å². The molecule has 0 saturated carbocycles. The minimum absolute atomic E-state index is 0.0103. The summed E-state index contributed by atoms with van der Waals surface area (Å²) in [5.41, 5.74) is 2.27. The van der Waals surface area contributed by atoms with Crippen molar-refractivity contribution >= 4 is 47.3 Å². The average molecular weight is 707 g/mol. The molecule has 6 amide bonds. The van der Waals surface area contributed by atoms with Gasteiger partial charge in [0, 0.05) is 62.2 Å². The molecule has 3 aliphatic rings. The van der Waals surface area contributed by atoms with E-state index in [1.165, 1.54) is 0 Å². The molecule has 0 aliphatic carbocycles. The van der Waals surface area contributed by atoms with Gasteiger partial charge in [0.1, 0.15) is 6.04 Å². The molecule has 0 spiro atoms. The summed E-state index contributed by atoms with van der Waals surface area (Å²) >= 11 is 0. The number of ether oxygens (including phenoxy) is 3. The maximum atomic E-state index is 13.2. The minimum Gasteiger partial charge on any atom is -0.384 e. The van der Waals surface area contributed by atoms with Crippen molar-refractivity contribution in [1.29, 1.82) is 0 Å². The smallest absolute Gasteiger partial charge is 0.264 e. The van der Waals surface area contributed by atoms with Crippen LogP contribution in [0.25, 0.3) is 0 Å². The van der Waals surface area contributed by atoms with Crippen LogP contribution < -0.4 is 21.3 Å². The van der Waals surface area contributed by atoms with E-state index in [0.29, 0.717) is 95.1 Å². The third kappa shape index (κ3) is 10.2. The highest BCUT2D eigenvalue weighted by atomic mass is 16.5. The lowest BCUT2D eigenvalue weighted by Gasteiger charge is -2.32. The fourth-order valence-electron chi connectivity index (χ4n) is 6.33. The molecule has 274 valence electrons. The van der Waals surface area contributed by atoms with Crippen LogP contribution in [0.15, 0.2) is 42.5 Å². The lowest BCUT2D eigenvalue weighted by molar-refractivity contribution is -0.136. The Kier molecular flexibility index (Phi) is 14.0. The van der Waals surface area contributed by atoms with Crippen LogP contribution in [0.5, 0.6) is 0 Å². The molecule has 2 aromatic rings. The highest BCUT2D eigenvalue weighted by Crippen LogP contribution is 2.32.